The molecule has 1 fully saturated rings. The Hall–Kier alpha value is -1.12. The Morgan fingerprint density at radius 2 is 1.91 bits per heavy atom. The quantitative estimate of drug-likeness (QED) is 0.828. The van der Waals surface area contributed by atoms with Crippen LogP contribution in [0.3, 0.4) is 0 Å². The van der Waals surface area contributed by atoms with Crippen molar-refractivity contribution in [3.63, 3.8) is 0 Å². The minimum absolute atomic E-state index is 0.148. The summed E-state index contributed by atoms with van der Waals surface area (Å²) in [6, 6.07) is 9.08. The van der Waals surface area contributed by atoms with Crippen molar-refractivity contribution in [1.29, 1.82) is 0 Å². The lowest BCUT2D eigenvalue weighted by atomic mass is 9.98. The molecule has 2 N–H and O–H groups in total. The molecule has 7 heteroatoms. The number of ether oxygens (including phenoxy) is 3. The molecular weight excluding hydrogens is 298 g/mol. The summed E-state index contributed by atoms with van der Waals surface area (Å²) in [6.07, 6.45) is -7.06. The van der Waals surface area contributed by atoms with Crippen molar-refractivity contribution in [2.45, 2.75) is 44.1 Å². The molecule has 1 aliphatic heterocycles. The number of aliphatic hydroxyl groups is 2. The van der Waals surface area contributed by atoms with Crippen LogP contribution in [0, 0.1) is 0 Å². The van der Waals surface area contributed by atoms with E-state index in [1.165, 1.54) is 0 Å². The van der Waals surface area contributed by atoms with Crippen molar-refractivity contribution < 1.29 is 33.2 Å². The van der Waals surface area contributed by atoms with Crippen LogP contribution in [0.15, 0.2) is 30.3 Å². The van der Waals surface area contributed by atoms with E-state index in [9.17, 15) is 19.0 Å². The maximum absolute atomic E-state index is 14.0. The molecule has 0 bridgehead atoms. The van der Waals surface area contributed by atoms with Gasteiger partial charge < -0.3 is 24.4 Å². The first-order valence-corrected chi connectivity index (χ1v) is 7.09. The lowest BCUT2D eigenvalue weighted by Crippen LogP contribution is -2.63. The normalized spacial score (nSPS) is 31.1. The number of rotatable bonds is 6. The molecule has 1 heterocycles. The van der Waals surface area contributed by atoms with Gasteiger partial charge in [0.05, 0.1) is 13.2 Å². The Labute approximate surface area is 127 Å². The van der Waals surface area contributed by atoms with Gasteiger partial charge in [0.15, 0.2) is 18.5 Å². The zero-order valence-electron chi connectivity index (χ0n) is 12.2. The molecule has 0 aromatic heterocycles. The van der Waals surface area contributed by atoms with Gasteiger partial charge >= 0.3 is 5.92 Å². The maximum atomic E-state index is 14.0. The lowest BCUT2D eigenvalue weighted by molar-refractivity contribution is -0.345. The number of benzene rings is 1. The molecule has 1 saturated heterocycles. The predicted molar refractivity (Wildman–Crippen MR) is 73.3 cm³/mol. The van der Waals surface area contributed by atoms with Crippen LogP contribution in [-0.4, -0.2) is 54.0 Å². The first-order chi connectivity index (χ1) is 10.5. The molecule has 0 unspecified atom stereocenters. The first kappa shape index (κ1) is 17.2. The van der Waals surface area contributed by atoms with Crippen molar-refractivity contribution in [3.05, 3.63) is 35.9 Å². The predicted octanol–water partition coefficient (Wildman–Crippen LogP) is 1.32. The van der Waals surface area contributed by atoms with E-state index in [-0.39, 0.29) is 13.2 Å². The molecule has 1 aromatic carbocycles. The highest BCUT2D eigenvalue weighted by atomic mass is 19.3. The SMILES string of the molecule is CCO[C@H]1O[C@@H](COCc2ccccc2)C(F)(F)[C@H](O)[C@@H]1O. The van der Waals surface area contributed by atoms with Gasteiger partial charge in [-0.05, 0) is 12.5 Å². The second-order valence-corrected chi connectivity index (χ2v) is 5.06. The van der Waals surface area contributed by atoms with Crippen LogP contribution >= 0.6 is 0 Å². The number of aliphatic hydroxyl groups excluding tert-OH is 2. The molecule has 0 radical (unpaired) electrons. The first-order valence-electron chi connectivity index (χ1n) is 7.09. The highest BCUT2D eigenvalue weighted by Crippen LogP contribution is 2.35. The van der Waals surface area contributed by atoms with Gasteiger partial charge in [-0.15, -0.1) is 0 Å². The third-order valence-electron chi connectivity index (χ3n) is 3.44. The van der Waals surface area contributed by atoms with E-state index in [1.807, 2.05) is 30.3 Å². The van der Waals surface area contributed by atoms with Gasteiger partial charge in [0.25, 0.3) is 0 Å². The molecule has 0 saturated carbocycles. The molecule has 22 heavy (non-hydrogen) atoms. The Morgan fingerprint density at radius 1 is 1.23 bits per heavy atom. The summed E-state index contributed by atoms with van der Waals surface area (Å²) in [5.74, 6) is -3.62. The van der Waals surface area contributed by atoms with Gasteiger partial charge in [-0.25, -0.2) is 8.78 Å². The molecule has 5 nitrogen and oxygen atoms in total. The molecule has 124 valence electrons. The highest BCUT2D eigenvalue weighted by molar-refractivity contribution is 5.13. The van der Waals surface area contributed by atoms with E-state index in [1.54, 1.807) is 6.92 Å². The summed E-state index contributed by atoms with van der Waals surface area (Å²) >= 11 is 0. The van der Waals surface area contributed by atoms with Crippen LogP contribution in [0.2, 0.25) is 0 Å². The Morgan fingerprint density at radius 3 is 2.55 bits per heavy atom. The average molecular weight is 318 g/mol. The largest absolute Gasteiger partial charge is 0.385 e. The van der Waals surface area contributed by atoms with Gasteiger partial charge in [0.1, 0.15) is 6.10 Å². The minimum atomic E-state index is -3.62. The maximum Gasteiger partial charge on any atom is 0.304 e. The van der Waals surface area contributed by atoms with E-state index < -0.39 is 37.1 Å². The molecule has 0 spiro atoms. The number of hydrogen-bond acceptors (Lipinski definition) is 5. The van der Waals surface area contributed by atoms with Crippen molar-refractivity contribution in [2.75, 3.05) is 13.2 Å². The van der Waals surface area contributed by atoms with Crippen molar-refractivity contribution in [3.8, 4) is 0 Å². The van der Waals surface area contributed by atoms with Crippen LogP contribution in [0.4, 0.5) is 8.78 Å². The fraction of sp³-hybridized carbons (Fsp3) is 0.600. The number of hydrogen-bond donors (Lipinski definition) is 2. The van der Waals surface area contributed by atoms with Crippen LogP contribution in [0.25, 0.3) is 0 Å². The van der Waals surface area contributed by atoms with E-state index in [0.717, 1.165) is 5.56 Å². The number of alkyl halides is 2. The Kier molecular flexibility index (Phi) is 5.82. The summed E-state index contributed by atoms with van der Waals surface area (Å²) in [5.41, 5.74) is 0.837. The molecule has 2 rings (SSSR count). The molecule has 1 aromatic rings. The summed E-state index contributed by atoms with van der Waals surface area (Å²) in [7, 11) is 0. The Balaban J connectivity index is 1.95. The second kappa shape index (κ2) is 7.43. The van der Waals surface area contributed by atoms with Crippen LogP contribution < -0.4 is 0 Å². The minimum Gasteiger partial charge on any atom is -0.385 e. The van der Waals surface area contributed by atoms with Crippen LogP contribution in [0.1, 0.15) is 12.5 Å². The summed E-state index contributed by atoms with van der Waals surface area (Å²) in [4.78, 5) is 0. The third kappa shape index (κ3) is 3.80. The van der Waals surface area contributed by atoms with Crippen molar-refractivity contribution in [1.82, 2.24) is 0 Å². The van der Waals surface area contributed by atoms with Gasteiger partial charge in [-0.1, -0.05) is 30.3 Å². The van der Waals surface area contributed by atoms with E-state index >= 15 is 0 Å². The van der Waals surface area contributed by atoms with E-state index in [0.29, 0.717) is 0 Å². The number of halogens is 2. The van der Waals surface area contributed by atoms with Crippen LogP contribution in [0.5, 0.6) is 0 Å². The lowest BCUT2D eigenvalue weighted by Gasteiger charge is -2.42. The smallest absolute Gasteiger partial charge is 0.304 e. The van der Waals surface area contributed by atoms with Crippen molar-refractivity contribution >= 4 is 0 Å². The summed E-state index contributed by atoms with van der Waals surface area (Å²) in [6.45, 7) is 1.53. The molecule has 4 atom stereocenters. The topological polar surface area (TPSA) is 68.2 Å². The van der Waals surface area contributed by atoms with Crippen LogP contribution in [-0.2, 0) is 20.8 Å². The summed E-state index contributed by atoms with van der Waals surface area (Å²) in [5, 5.41) is 19.2. The van der Waals surface area contributed by atoms with Gasteiger partial charge in [0.2, 0.25) is 0 Å². The molecule has 0 aliphatic carbocycles. The fourth-order valence-electron chi connectivity index (χ4n) is 2.21. The van der Waals surface area contributed by atoms with E-state index in [2.05, 4.69) is 0 Å². The van der Waals surface area contributed by atoms with Gasteiger partial charge in [-0.2, -0.15) is 0 Å². The van der Waals surface area contributed by atoms with Gasteiger partial charge in [0, 0.05) is 6.61 Å². The third-order valence-corrected chi connectivity index (χ3v) is 3.44. The zero-order chi connectivity index (χ0) is 16.2. The molecular formula is C15H20F2O5. The molecule has 1 aliphatic rings. The average Bonchev–Trinajstić information content (AvgIpc) is 2.51. The van der Waals surface area contributed by atoms with Gasteiger partial charge in [-0.3, -0.25) is 0 Å². The zero-order valence-corrected chi connectivity index (χ0v) is 12.2. The summed E-state index contributed by atoms with van der Waals surface area (Å²) < 4.78 is 43.3. The van der Waals surface area contributed by atoms with E-state index in [4.69, 9.17) is 14.2 Å². The molecule has 0 amide bonds. The fourth-order valence-corrected chi connectivity index (χ4v) is 2.21. The highest BCUT2D eigenvalue weighted by Gasteiger charge is 2.57. The standard InChI is InChI=1S/C15H20F2O5/c1-2-21-14-12(18)13(19)15(16,17)11(22-14)9-20-8-10-6-4-3-5-7-10/h3-7,11-14,18-19H,2,8-9H2,1H3/t11-,12-,13+,14-/m0/s1. The monoisotopic (exact) mass is 318 g/mol. The second-order valence-electron chi connectivity index (χ2n) is 5.06. The van der Waals surface area contributed by atoms with Crippen molar-refractivity contribution in [2.24, 2.45) is 0 Å². The Bertz CT molecular complexity index is 457.